The van der Waals surface area contributed by atoms with Gasteiger partial charge in [0.2, 0.25) is 0 Å². The van der Waals surface area contributed by atoms with Gasteiger partial charge in [0.05, 0.1) is 0 Å². The third kappa shape index (κ3) is 3.48. The van der Waals surface area contributed by atoms with E-state index >= 15 is 0 Å². The first-order chi connectivity index (χ1) is 12.0. The van der Waals surface area contributed by atoms with E-state index in [9.17, 15) is 9.59 Å². The lowest BCUT2D eigenvalue weighted by atomic mass is 9.89. The molecule has 3 rings (SSSR count). The molecule has 0 atom stereocenters. The Morgan fingerprint density at radius 2 is 1.80 bits per heavy atom. The highest BCUT2D eigenvalue weighted by Crippen LogP contribution is 2.34. The van der Waals surface area contributed by atoms with Crippen LogP contribution in [-0.2, 0) is 24.1 Å². The van der Waals surface area contributed by atoms with Gasteiger partial charge in [-0.2, -0.15) is 0 Å². The van der Waals surface area contributed by atoms with Crippen LogP contribution in [0, 0.1) is 13.8 Å². The van der Waals surface area contributed by atoms with Gasteiger partial charge >= 0.3 is 0 Å². The maximum Gasteiger partial charge on any atom is 0.160 e. The zero-order valence-electron chi connectivity index (χ0n) is 15.2. The Morgan fingerprint density at radius 3 is 2.48 bits per heavy atom. The standard InChI is InChI=1S/C23H24O2/c1-15-4-5-18(16(2)14-15)6-7-20-9-10-21-19(12-13-24)8-11-22(21)23(20)17(3)25/h4-5,8-10,13-14H,6-7,11-12H2,1-3H3. The van der Waals surface area contributed by atoms with E-state index in [4.69, 9.17) is 0 Å². The monoisotopic (exact) mass is 332 g/mol. The highest BCUT2D eigenvalue weighted by atomic mass is 16.1. The molecular weight excluding hydrogens is 308 g/mol. The maximum atomic E-state index is 12.3. The number of aldehydes is 1. The third-order valence-electron chi connectivity index (χ3n) is 5.11. The second-order valence-corrected chi connectivity index (χ2v) is 6.92. The van der Waals surface area contributed by atoms with Crippen LogP contribution in [0.15, 0.2) is 36.4 Å². The first-order valence-corrected chi connectivity index (χ1v) is 8.86. The average molecular weight is 332 g/mol. The molecule has 0 saturated carbocycles. The highest BCUT2D eigenvalue weighted by Gasteiger charge is 2.21. The molecule has 0 N–H and O–H groups in total. The molecule has 25 heavy (non-hydrogen) atoms. The van der Waals surface area contributed by atoms with Crippen LogP contribution in [0.25, 0.3) is 5.57 Å². The first-order valence-electron chi connectivity index (χ1n) is 8.86. The minimum absolute atomic E-state index is 0.119. The smallest absolute Gasteiger partial charge is 0.160 e. The number of carbonyl (C=O) groups is 2. The lowest BCUT2D eigenvalue weighted by molar-refractivity contribution is -0.107. The highest BCUT2D eigenvalue weighted by molar-refractivity contribution is 6.00. The van der Waals surface area contributed by atoms with Crippen molar-refractivity contribution in [3.8, 4) is 0 Å². The van der Waals surface area contributed by atoms with Crippen molar-refractivity contribution >= 4 is 17.6 Å². The van der Waals surface area contributed by atoms with E-state index in [0.29, 0.717) is 6.42 Å². The van der Waals surface area contributed by atoms with E-state index < -0.39 is 0 Å². The molecule has 0 amide bonds. The fourth-order valence-electron chi connectivity index (χ4n) is 3.87. The van der Waals surface area contributed by atoms with Crippen LogP contribution < -0.4 is 0 Å². The van der Waals surface area contributed by atoms with Crippen molar-refractivity contribution in [2.45, 2.75) is 46.5 Å². The van der Waals surface area contributed by atoms with E-state index in [-0.39, 0.29) is 5.78 Å². The Kier molecular flexibility index (Phi) is 4.98. The number of benzene rings is 2. The molecule has 0 aliphatic heterocycles. The fraction of sp³-hybridized carbons (Fsp3) is 0.304. The summed E-state index contributed by atoms with van der Waals surface area (Å²) in [7, 11) is 0. The van der Waals surface area contributed by atoms with E-state index in [1.165, 1.54) is 16.7 Å². The summed E-state index contributed by atoms with van der Waals surface area (Å²) in [4.78, 5) is 23.2. The molecule has 0 unspecified atom stereocenters. The molecule has 1 aliphatic carbocycles. The molecule has 0 aromatic heterocycles. The summed E-state index contributed by atoms with van der Waals surface area (Å²) in [5.74, 6) is 0.119. The molecule has 128 valence electrons. The Bertz CT molecular complexity index is 872. The van der Waals surface area contributed by atoms with Crippen LogP contribution >= 0.6 is 0 Å². The normalized spacial score (nSPS) is 12.7. The molecule has 0 fully saturated rings. The zero-order valence-corrected chi connectivity index (χ0v) is 15.2. The predicted octanol–water partition coefficient (Wildman–Crippen LogP) is 4.82. The van der Waals surface area contributed by atoms with Gasteiger partial charge in [-0.3, -0.25) is 4.79 Å². The molecule has 2 nitrogen and oxygen atoms in total. The number of hydrogen-bond donors (Lipinski definition) is 0. The van der Waals surface area contributed by atoms with Crippen molar-refractivity contribution in [3.63, 3.8) is 0 Å². The summed E-state index contributed by atoms with van der Waals surface area (Å²) >= 11 is 0. The van der Waals surface area contributed by atoms with Crippen molar-refractivity contribution in [2.24, 2.45) is 0 Å². The second-order valence-electron chi connectivity index (χ2n) is 6.92. The molecule has 0 bridgehead atoms. The Labute approximate surface area is 149 Å². The number of fused-ring (bicyclic) bond motifs is 1. The van der Waals surface area contributed by atoms with E-state index in [1.807, 2.05) is 0 Å². The number of hydrogen-bond acceptors (Lipinski definition) is 2. The van der Waals surface area contributed by atoms with Gasteiger partial charge in [-0.15, -0.1) is 0 Å². The van der Waals surface area contributed by atoms with Gasteiger partial charge in [-0.25, -0.2) is 0 Å². The summed E-state index contributed by atoms with van der Waals surface area (Å²) in [6.45, 7) is 5.90. The number of allylic oxidation sites excluding steroid dienone is 2. The molecule has 0 saturated heterocycles. The van der Waals surface area contributed by atoms with Crippen LogP contribution in [0.2, 0.25) is 0 Å². The van der Waals surface area contributed by atoms with Crippen molar-refractivity contribution in [1.29, 1.82) is 0 Å². The quantitative estimate of drug-likeness (QED) is 0.561. The molecule has 2 heteroatoms. The maximum absolute atomic E-state index is 12.3. The van der Waals surface area contributed by atoms with Crippen LogP contribution in [0.1, 0.15) is 57.1 Å². The molecule has 0 heterocycles. The third-order valence-corrected chi connectivity index (χ3v) is 5.11. The van der Waals surface area contributed by atoms with Crippen LogP contribution in [0.4, 0.5) is 0 Å². The van der Waals surface area contributed by atoms with Gasteiger partial charge in [0.25, 0.3) is 0 Å². The fourth-order valence-corrected chi connectivity index (χ4v) is 3.87. The van der Waals surface area contributed by atoms with Crippen molar-refractivity contribution in [2.75, 3.05) is 0 Å². The zero-order chi connectivity index (χ0) is 18.0. The topological polar surface area (TPSA) is 34.1 Å². The SMILES string of the molecule is CC(=O)c1c(CCc2ccc(C)cc2C)ccc2c1CC=C2CC=O. The number of aryl methyl sites for hydroxylation is 4. The Balaban J connectivity index is 1.90. The number of ketones is 1. The average Bonchev–Trinajstić information content (AvgIpc) is 2.96. The molecule has 0 spiro atoms. The van der Waals surface area contributed by atoms with Gasteiger partial charge in [0.15, 0.2) is 5.78 Å². The van der Waals surface area contributed by atoms with Crippen LogP contribution in [0.5, 0.6) is 0 Å². The number of rotatable bonds is 6. The van der Waals surface area contributed by atoms with Gasteiger partial charge in [0, 0.05) is 12.0 Å². The summed E-state index contributed by atoms with van der Waals surface area (Å²) in [5, 5.41) is 0. The molecule has 0 radical (unpaired) electrons. The lowest BCUT2D eigenvalue weighted by Gasteiger charge is -2.14. The van der Waals surface area contributed by atoms with E-state index in [0.717, 1.165) is 53.4 Å². The molecular formula is C23H24O2. The van der Waals surface area contributed by atoms with Crippen molar-refractivity contribution in [1.82, 2.24) is 0 Å². The van der Waals surface area contributed by atoms with Crippen LogP contribution in [-0.4, -0.2) is 12.1 Å². The van der Waals surface area contributed by atoms with E-state index in [2.05, 4.69) is 50.3 Å². The molecule has 1 aliphatic rings. The minimum Gasteiger partial charge on any atom is -0.303 e. The van der Waals surface area contributed by atoms with Gasteiger partial charge in [-0.05, 0) is 73.4 Å². The van der Waals surface area contributed by atoms with Crippen molar-refractivity contribution < 1.29 is 9.59 Å². The lowest BCUT2D eigenvalue weighted by Crippen LogP contribution is -2.07. The van der Waals surface area contributed by atoms with Gasteiger partial charge in [0.1, 0.15) is 6.29 Å². The second kappa shape index (κ2) is 7.18. The minimum atomic E-state index is 0.119. The van der Waals surface area contributed by atoms with E-state index in [1.54, 1.807) is 6.92 Å². The molecule has 2 aromatic rings. The number of Topliss-reactive ketones (excluding diaryl/α,β-unsaturated/α-hetero) is 1. The van der Waals surface area contributed by atoms with Gasteiger partial charge in [-0.1, -0.05) is 42.0 Å². The summed E-state index contributed by atoms with van der Waals surface area (Å²) < 4.78 is 0. The largest absolute Gasteiger partial charge is 0.303 e. The Hall–Kier alpha value is -2.48. The Morgan fingerprint density at radius 1 is 1.08 bits per heavy atom. The van der Waals surface area contributed by atoms with Crippen molar-refractivity contribution in [3.05, 3.63) is 75.4 Å². The summed E-state index contributed by atoms with van der Waals surface area (Å²) in [5.41, 5.74) is 9.12. The summed E-state index contributed by atoms with van der Waals surface area (Å²) in [6.07, 6.45) is 5.98. The van der Waals surface area contributed by atoms with Gasteiger partial charge < -0.3 is 4.79 Å². The number of carbonyl (C=O) groups excluding carboxylic acids is 2. The predicted molar refractivity (Wildman–Crippen MR) is 102 cm³/mol. The summed E-state index contributed by atoms with van der Waals surface area (Å²) in [6, 6.07) is 10.7. The molecule has 2 aromatic carbocycles. The first kappa shape index (κ1) is 17.3. The van der Waals surface area contributed by atoms with Crippen LogP contribution in [0.3, 0.4) is 0 Å².